The van der Waals surface area contributed by atoms with Crippen LogP contribution < -0.4 is 0 Å². The smallest absolute Gasteiger partial charge is 0.338 e. The van der Waals surface area contributed by atoms with Gasteiger partial charge in [-0.25, -0.2) is 9.18 Å². The summed E-state index contributed by atoms with van der Waals surface area (Å²) in [5, 5.41) is 0. The van der Waals surface area contributed by atoms with Gasteiger partial charge in [-0.05, 0) is 36.8 Å². The minimum absolute atomic E-state index is 0.341. The summed E-state index contributed by atoms with van der Waals surface area (Å²) in [6.45, 7) is 1.81. The number of methoxy groups -OCH3 is 1. The summed E-state index contributed by atoms with van der Waals surface area (Å²) in [6, 6.07) is 9.96. The number of carbonyl (C=O) groups is 1. The number of benzene rings is 2. The Balaban J connectivity index is 2.66. The molecule has 0 saturated carbocycles. The molecule has 2 rings (SSSR count). The van der Waals surface area contributed by atoms with Crippen molar-refractivity contribution in [1.29, 1.82) is 0 Å². The first-order chi connectivity index (χ1) is 9.02. The lowest BCUT2D eigenvalue weighted by Crippen LogP contribution is -2.04. The quantitative estimate of drug-likeness (QED) is 0.768. The fourth-order valence-corrected chi connectivity index (χ4v) is 2.23. The predicted molar refractivity (Wildman–Crippen MR) is 75.6 cm³/mol. The van der Waals surface area contributed by atoms with Crippen molar-refractivity contribution in [3.8, 4) is 11.1 Å². The summed E-state index contributed by atoms with van der Waals surface area (Å²) in [4.78, 5) is 11.7. The number of hydrogen-bond donors (Lipinski definition) is 0. The second kappa shape index (κ2) is 5.53. The number of rotatable bonds is 2. The molecule has 2 nitrogen and oxygen atoms in total. The Bertz CT molecular complexity index is 638. The predicted octanol–water partition coefficient (Wildman–Crippen LogP) is 4.35. The molecule has 0 saturated heterocycles. The lowest BCUT2D eigenvalue weighted by atomic mass is 9.98. The van der Waals surface area contributed by atoms with Crippen LogP contribution in [0.25, 0.3) is 11.1 Å². The maximum absolute atomic E-state index is 14.0. The molecule has 19 heavy (non-hydrogen) atoms. The van der Waals surface area contributed by atoms with E-state index in [1.54, 1.807) is 30.3 Å². The largest absolute Gasteiger partial charge is 0.465 e. The van der Waals surface area contributed by atoms with Gasteiger partial charge in [0.15, 0.2) is 0 Å². The van der Waals surface area contributed by atoms with E-state index in [9.17, 15) is 9.18 Å². The molecule has 0 aromatic heterocycles. The normalized spacial score (nSPS) is 10.3. The number of carbonyl (C=O) groups excluding carboxylic acids is 1. The van der Waals surface area contributed by atoms with Crippen LogP contribution in [0.3, 0.4) is 0 Å². The van der Waals surface area contributed by atoms with Crippen molar-refractivity contribution in [3.63, 3.8) is 0 Å². The Morgan fingerprint density at radius 1 is 1.16 bits per heavy atom. The summed E-state index contributed by atoms with van der Waals surface area (Å²) in [5.41, 5.74) is 2.07. The van der Waals surface area contributed by atoms with Crippen LogP contribution in [0.4, 0.5) is 4.39 Å². The molecule has 0 spiro atoms. The minimum Gasteiger partial charge on any atom is -0.465 e. The number of halogens is 2. The van der Waals surface area contributed by atoms with E-state index >= 15 is 0 Å². The summed E-state index contributed by atoms with van der Waals surface area (Å²) in [5.74, 6) is -0.842. The zero-order valence-electron chi connectivity index (χ0n) is 10.5. The van der Waals surface area contributed by atoms with Crippen LogP contribution in [0.5, 0.6) is 0 Å². The van der Waals surface area contributed by atoms with Crippen LogP contribution >= 0.6 is 15.9 Å². The van der Waals surface area contributed by atoms with Gasteiger partial charge in [-0.3, -0.25) is 0 Å². The van der Waals surface area contributed by atoms with Crippen LogP contribution in [0.2, 0.25) is 0 Å². The summed E-state index contributed by atoms with van der Waals surface area (Å²) < 4.78 is 19.5. The van der Waals surface area contributed by atoms with Crippen LogP contribution in [0.1, 0.15) is 15.9 Å². The summed E-state index contributed by atoms with van der Waals surface area (Å²) in [7, 11) is 1.31. The van der Waals surface area contributed by atoms with Crippen LogP contribution in [-0.4, -0.2) is 13.1 Å². The molecule has 4 heteroatoms. The molecule has 0 unspecified atom stereocenters. The van der Waals surface area contributed by atoms with E-state index in [1.165, 1.54) is 13.2 Å². The maximum atomic E-state index is 14.0. The molecular weight excluding hydrogens is 311 g/mol. The van der Waals surface area contributed by atoms with Gasteiger partial charge in [-0.1, -0.05) is 28.1 Å². The highest BCUT2D eigenvalue weighted by Gasteiger charge is 2.16. The average Bonchev–Trinajstić information content (AvgIpc) is 2.38. The van der Waals surface area contributed by atoms with E-state index in [0.717, 1.165) is 10.0 Å². The van der Waals surface area contributed by atoms with Crippen molar-refractivity contribution in [1.82, 2.24) is 0 Å². The SMILES string of the molecule is COC(=O)c1ccc(Br)cc1-c1ccc(C)cc1F. The van der Waals surface area contributed by atoms with Crippen LogP contribution in [-0.2, 0) is 4.74 Å². The molecule has 0 fully saturated rings. The third kappa shape index (κ3) is 2.84. The molecule has 0 atom stereocenters. The van der Waals surface area contributed by atoms with Gasteiger partial charge in [0.05, 0.1) is 12.7 Å². The zero-order chi connectivity index (χ0) is 14.0. The third-order valence-corrected chi connectivity index (χ3v) is 3.29. The third-order valence-electron chi connectivity index (χ3n) is 2.80. The first kappa shape index (κ1) is 13.7. The highest BCUT2D eigenvalue weighted by molar-refractivity contribution is 9.10. The molecule has 98 valence electrons. The standard InChI is InChI=1S/C15H12BrFO2/c1-9-3-5-11(14(17)7-9)13-8-10(16)4-6-12(13)15(18)19-2/h3-8H,1-2H3. The minimum atomic E-state index is -0.484. The lowest BCUT2D eigenvalue weighted by Gasteiger charge is -2.10. The van der Waals surface area contributed by atoms with Gasteiger partial charge < -0.3 is 4.74 Å². The second-order valence-electron chi connectivity index (χ2n) is 4.16. The van der Waals surface area contributed by atoms with Gasteiger partial charge in [0, 0.05) is 15.6 Å². The van der Waals surface area contributed by atoms with Gasteiger partial charge in [-0.2, -0.15) is 0 Å². The number of hydrogen-bond acceptors (Lipinski definition) is 2. The Labute approximate surface area is 119 Å². The molecule has 2 aromatic rings. The molecule has 0 bridgehead atoms. The molecule has 0 amide bonds. The van der Waals surface area contributed by atoms with Crippen molar-refractivity contribution in [2.45, 2.75) is 6.92 Å². The topological polar surface area (TPSA) is 26.3 Å². The Hall–Kier alpha value is -1.68. The second-order valence-corrected chi connectivity index (χ2v) is 5.08. The summed E-state index contributed by atoms with van der Waals surface area (Å²) >= 11 is 3.33. The Morgan fingerprint density at radius 3 is 2.53 bits per heavy atom. The monoisotopic (exact) mass is 322 g/mol. The maximum Gasteiger partial charge on any atom is 0.338 e. The lowest BCUT2D eigenvalue weighted by molar-refractivity contribution is 0.0601. The van der Waals surface area contributed by atoms with Crippen molar-refractivity contribution in [3.05, 3.63) is 57.8 Å². The highest BCUT2D eigenvalue weighted by atomic mass is 79.9. The van der Waals surface area contributed by atoms with E-state index in [-0.39, 0.29) is 5.82 Å². The number of esters is 1. The van der Waals surface area contributed by atoms with Crippen molar-refractivity contribution >= 4 is 21.9 Å². The summed E-state index contributed by atoms with van der Waals surface area (Å²) in [6.07, 6.45) is 0. The highest BCUT2D eigenvalue weighted by Crippen LogP contribution is 2.30. The number of ether oxygens (including phenoxy) is 1. The first-order valence-electron chi connectivity index (χ1n) is 5.67. The van der Waals surface area contributed by atoms with E-state index in [0.29, 0.717) is 16.7 Å². The van der Waals surface area contributed by atoms with Crippen molar-refractivity contribution < 1.29 is 13.9 Å². The molecule has 0 aliphatic rings. The molecule has 0 aliphatic carbocycles. The fraction of sp³-hybridized carbons (Fsp3) is 0.133. The van der Waals surface area contributed by atoms with E-state index < -0.39 is 5.97 Å². The van der Waals surface area contributed by atoms with Crippen LogP contribution in [0, 0.1) is 12.7 Å². The molecular formula is C15H12BrFO2. The molecule has 0 aliphatic heterocycles. The average molecular weight is 323 g/mol. The van der Waals surface area contributed by atoms with E-state index in [1.807, 2.05) is 6.92 Å². The molecule has 2 aromatic carbocycles. The molecule has 0 N–H and O–H groups in total. The van der Waals surface area contributed by atoms with E-state index in [2.05, 4.69) is 15.9 Å². The molecule has 0 radical (unpaired) electrons. The van der Waals surface area contributed by atoms with Crippen molar-refractivity contribution in [2.75, 3.05) is 7.11 Å². The Morgan fingerprint density at radius 2 is 1.89 bits per heavy atom. The van der Waals surface area contributed by atoms with Gasteiger partial charge in [0.2, 0.25) is 0 Å². The van der Waals surface area contributed by atoms with Gasteiger partial charge >= 0.3 is 5.97 Å². The zero-order valence-corrected chi connectivity index (χ0v) is 12.1. The van der Waals surface area contributed by atoms with Crippen molar-refractivity contribution in [2.24, 2.45) is 0 Å². The fourth-order valence-electron chi connectivity index (χ4n) is 1.87. The van der Waals surface area contributed by atoms with E-state index in [4.69, 9.17) is 4.74 Å². The van der Waals surface area contributed by atoms with Gasteiger partial charge in [-0.15, -0.1) is 0 Å². The van der Waals surface area contributed by atoms with Gasteiger partial charge in [0.25, 0.3) is 0 Å². The van der Waals surface area contributed by atoms with Gasteiger partial charge in [0.1, 0.15) is 5.82 Å². The van der Waals surface area contributed by atoms with Crippen LogP contribution in [0.15, 0.2) is 40.9 Å². The first-order valence-corrected chi connectivity index (χ1v) is 6.46. The number of aryl methyl sites for hydroxylation is 1. The molecule has 0 heterocycles. The Kier molecular flexibility index (Phi) is 4.00.